The van der Waals surface area contributed by atoms with Gasteiger partial charge in [-0.2, -0.15) is 0 Å². The highest BCUT2D eigenvalue weighted by Crippen LogP contribution is 2.24. The van der Waals surface area contributed by atoms with Crippen molar-refractivity contribution in [2.24, 2.45) is 0 Å². The Balaban J connectivity index is 2.59. The second kappa shape index (κ2) is 9.92. The normalized spacial score (nSPS) is 10.1. The van der Waals surface area contributed by atoms with Crippen LogP contribution in [0.5, 0.6) is 5.75 Å². The van der Waals surface area contributed by atoms with Gasteiger partial charge in [0.1, 0.15) is 5.75 Å². The number of carbonyl (C=O) groups is 2. The molecular formula is C18H24O3. The Hall–Kier alpha value is -1.90. The van der Waals surface area contributed by atoms with Crippen molar-refractivity contribution in [3.8, 4) is 5.75 Å². The molecule has 3 heteroatoms. The third kappa shape index (κ3) is 5.54. The second-order valence-electron chi connectivity index (χ2n) is 5.08. The van der Waals surface area contributed by atoms with Gasteiger partial charge in [-0.05, 0) is 24.1 Å². The van der Waals surface area contributed by atoms with Gasteiger partial charge in [-0.25, -0.2) is 0 Å². The van der Waals surface area contributed by atoms with E-state index in [0.29, 0.717) is 23.5 Å². The zero-order valence-electron chi connectivity index (χ0n) is 12.8. The van der Waals surface area contributed by atoms with E-state index in [4.69, 9.17) is 4.74 Å². The lowest BCUT2D eigenvalue weighted by molar-refractivity contribution is 0.111. The maximum Gasteiger partial charge on any atom is 0.153 e. The van der Waals surface area contributed by atoms with Crippen LogP contribution in [0, 0.1) is 0 Å². The van der Waals surface area contributed by atoms with Gasteiger partial charge in [0.2, 0.25) is 0 Å². The summed E-state index contributed by atoms with van der Waals surface area (Å²) in [5.41, 5.74) is 1.55. The van der Waals surface area contributed by atoms with Crippen LogP contribution in [-0.2, 0) is 0 Å². The Morgan fingerprint density at radius 3 is 2.10 bits per heavy atom. The molecule has 0 spiro atoms. The summed E-state index contributed by atoms with van der Waals surface area (Å²) in [6.45, 7) is 6.37. The smallest absolute Gasteiger partial charge is 0.153 e. The van der Waals surface area contributed by atoms with Gasteiger partial charge in [-0.3, -0.25) is 9.59 Å². The maximum absolute atomic E-state index is 11.1. The molecule has 0 saturated heterocycles. The predicted molar refractivity (Wildman–Crippen MR) is 86.2 cm³/mol. The fourth-order valence-corrected chi connectivity index (χ4v) is 2.21. The number of benzene rings is 1. The average molecular weight is 288 g/mol. The van der Waals surface area contributed by atoms with Crippen LogP contribution in [0.1, 0.15) is 71.7 Å². The number of hydrogen-bond donors (Lipinski definition) is 0. The predicted octanol–water partition coefficient (Wildman–Crippen LogP) is 4.69. The van der Waals surface area contributed by atoms with E-state index in [1.165, 1.54) is 25.7 Å². The van der Waals surface area contributed by atoms with Crippen LogP contribution in [0.25, 0.3) is 6.08 Å². The van der Waals surface area contributed by atoms with Gasteiger partial charge in [-0.1, -0.05) is 51.7 Å². The molecule has 0 bridgehead atoms. The zero-order valence-corrected chi connectivity index (χ0v) is 12.8. The van der Waals surface area contributed by atoms with Crippen molar-refractivity contribution in [2.75, 3.05) is 6.61 Å². The number of unbranched alkanes of at least 4 members (excludes halogenated alkanes) is 5. The Kier molecular flexibility index (Phi) is 8.10. The first kappa shape index (κ1) is 17.2. The van der Waals surface area contributed by atoms with Gasteiger partial charge in [0, 0.05) is 0 Å². The molecule has 21 heavy (non-hydrogen) atoms. The molecule has 0 amide bonds. The molecule has 0 heterocycles. The molecule has 0 aliphatic rings. The molecule has 0 N–H and O–H groups in total. The zero-order chi connectivity index (χ0) is 15.5. The maximum atomic E-state index is 11.1. The Morgan fingerprint density at radius 2 is 1.57 bits per heavy atom. The van der Waals surface area contributed by atoms with Crippen LogP contribution in [0.2, 0.25) is 0 Å². The lowest BCUT2D eigenvalue weighted by Gasteiger charge is -2.12. The van der Waals surface area contributed by atoms with Crippen LogP contribution >= 0.6 is 0 Å². The second-order valence-corrected chi connectivity index (χ2v) is 5.08. The summed E-state index contributed by atoms with van der Waals surface area (Å²) in [7, 11) is 0. The van der Waals surface area contributed by atoms with E-state index in [2.05, 4.69) is 13.5 Å². The summed E-state index contributed by atoms with van der Waals surface area (Å²) in [5, 5.41) is 0. The van der Waals surface area contributed by atoms with Gasteiger partial charge >= 0.3 is 0 Å². The summed E-state index contributed by atoms with van der Waals surface area (Å²) in [4.78, 5) is 22.3. The molecule has 0 aromatic heterocycles. The molecule has 1 aromatic rings. The summed E-state index contributed by atoms with van der Waals surface area (Å²) in [6, 6.07) is 3.37. The van der Waals surface area contributed by atoms with Gasteiger partial charge in [0.25, 0.3) is 0 Å². The summed E-state index contributed by atoms with van der Waals surface area (Å²) < 4.78 is 5.66. The molecule has 0 unspecified atom stereocenters. The first-order chi connectivity index (χ1) is 10.3. The minimum atomic E-state index is 0.388. The topological polar surface area (TPSA) is 43.4 Å². The van der Waals surface area contributed by atoms with Gasteiger partial charge in [0.15, 0.2) is 12.6 Å². The van der Waals surface area contributed by atoms with E-state index >= 15 is 0 Å². The number of carbonyl (C=O) groups excluding carboxylic acids is 2. The molecule has 0 fully saturated rings. The summed E-state index contributed by atoms with van der Waals surface area (Å²) in [6.07, 6.45) is 10.1. The fourth-order valence-electron chi connectivity index (χ4n) is 2.21. The Morgan fingerprint density at radius 1 is 1.00 bits per heavy atom. The van der Waals surface area contributed by atoms with Crippen molar-refractivity contribution in [2.45, 2.75) is 45.4 Å². The number of rotatable bonds is 11. The lowest BCUT2D eigenvalue weighted by atomic mass is 10.1. The molecule has 3 nitrogen and oxygen atoms in total. The van der Waals surface area contributed by atoms with E-state index in [0.717, 1.165) is 31.0 Å². The first-order valence-electron chi connectivity index (χ1n) is 7.60. The summed E-state index contributed by atoms with van der Waals surface area (Å²) in [5.74, 6) is 0.388. The molecule has 0 atom stereocenters. The van der Waals surface area contributed by atoms with Crippen molar-refractivity contribution < 1.29 is 14.3 Å². The summed E-state index contributed by atoms with van der Waals surface area (Å²) >= 11 is 0. The van der Waals surface area contributed by atoms with Crippen LogP contribution in [0.15, 0.2) is 18.7 Å². The van der Waals surface area contributed by atoms with Crippen LogP contribution < -0.4 is 4.74 Å². The van der Waals surface area contributed by atoms with Gasteiger partial charge in [0.05, 0.1) is 17.7 Å². The van der Waals surface area contributed by atoms with Crippen LogP contribution in [0.3, 0.4) is 0 Å². The van der Waals surface area contributed by atoms with Crippen molar-refractivity contribution in [3.05, 3.63) is 35.4 Å². The number of hydrogen-bond acceptors (Lipinski definition) is 3. The van der Waals surface area contributed by atoms with Gasteiger partial charge in [-0.15, -0.1) is 0 Å². The van der Waals surface area contributed by atoms with E-state index in [-0.39, 0.29) is 0 Å². The van der Waals surface area contributed by atoms with Crippen molar-refractivity contribution >= 4 is 18.6 Å². The molecule has 0 aliphatic heterocycles. The molecule has 0 aliphatic carbocycles. The minimum Gasteiger partial charge on any atom is -0.492 e. The highest BCUT2D eigenvalue weighted by atomic mass is 16.5. The third-order valence-corrected chi connectivity index (χ3v) is 3.40. The monoisotopic (exact) mass is 288 g/mol. The van der Waals surface area contributed by atoms with Crippen molar-refractivity contribution in [1.82, 2.24) is 0 Å². The highest BCUT2D eigenvalue weighted by Gasteiger charge is 2.10. The average Bonchev–Trinajstić information content (AvgIpc) is 2.53. The molecular weight excluding hydrogens is 264 g/mol. The van der Waals surface area contributed by atoms with Crippen molar-refractivity contribution in [1.29, 1.82) is 0 Å². The molecule has 0 saturated carbocycles. The standard InChI is InChI=1S/C18H24O3/c1-3-5-6-7-8-9-10-21-18-16(13-19)11-15(4-2)12-17(18)14-20/h4,11-14H,2-3,5-10H2,1H3. The van der Waals surface area contributed by atoms with E-state index in [9.17, 15) is 9.59 Å². The van der Waals surface area contributed by atoms with Crippen molar-refractivity contribution in [3.63, 3.8) is 0 Å². The number of aldehydes is 2. The quantitative estimate of drug-likeness (QED) is 0.438. The molecule has 114 valence electrons. The molecule has 1 aromatic carbocycles. The highest BCUT2D eigenvalue weighted by molar-refractivity contribution is 5.90. The largest absolute Gasteiger partial charge is 0.492 e. The molecule has 1 rings (SSSR count). The first-order valence-corrected chi connectivity index (χ1v) is 7.60. The molecule has 0 radical (unpaired) electrons. The third-order valence-electron chi connectivity index (χ3n) is 3.40. The van der Waals surface area contributed by atoms with E-state index < -0.39 is 0 Å². The van der Waals surface area contributed by atoms with Crippen LogP contribution in [0.4, 0.5) is 0 Å². The SMILES string of the molecule is C=Cc1cc(C=O)c(OCCCCCCCC)c(C=O)c1. The van der Waals surface area contributed by atoms with E-state index in [1.54, 1.807) is 18.2 Å². The minimum absolute atomic E-state index is 0.388. The number of ether oxygens (including phenoxy) is 1. The van der Waals surface area contributed by atoms with Gasteiger partial charge < -0.3 is 4.74 Å². The van der Waals surface area contributed by atoms with E-state index in [1.807, 2.05) is 0 Å². The fraction of sp³-hybridized carbons (Fsp3) is 0.444. The Bertz CT molecular complexity index is 448. The lowest BCUT2D eigenvalue weighted by Crippen LogP contribution is -2.04. The van der Waals surface area contributed by atoms with Crippen LogP contribution in [-0.4, -0.2) is 19.2 Å². The Labute approximate surface area is 127 Å².